The molecule has 0 atom stereocenters. The van der Waals surface area contributed by atoms with Crippen LogP contribution in [-0.4, -0.2) is 23.2 Å². The number of carbonyl (C=O) groups is 1. The van der Waals surface area contributed by atoms with Gasteiger partial charge in [-0.05, 0) is 25.4 Å². The highest BCUT2D eigenvalue weighted by molar-refractivity contribution is 7.05. The predicted molar refractivity (Wildman–Crippen MR) is 57.4 cm³/mol. The van der Waals surface area contributed by atoms with Crippen molar-refractivity contribution in [1.29, 1.82) is 0 Å². The summed E-state index contributed by atoms with van der Waals surface area (Å²) in [6, 6.07) is 0. The van der Waals surface area contributed by atoms with Crippen LogP contribution in [0.1, 0.15) is 16.1 Å². The molecule has 4 nitrogen and oxygen atoms in total. The smallest absolute Gasteiger partial charge is 0.160 e. The fourth-order valence-corrected chi connectivity index (χ4v) is 1.87. The Labute approximate surface area is 87.7 Å². The van der Waals surface area contributed by atoms with Gasteiger partial charge in [-0.2, -0.15) is 4.37 Å². The van der Waals surface area contributed by atoms with Crippen LogP contribution in [0.5, 0.6) is 0 Å². The quantitative estimate of drug-likeness (QED) is 0.742. The van der Waals surface area contributed by atoms with Crippen LogP contribution in [0.2, 0.25) is 0 Å². The number of nitrogens with one attached hydrogen (secondary N) is 1. The predicted octanol–water partition coefficient (Wildman–Crippen LogP) is 0.377. The van der Waals surface area contributed by atoms with Gasteiger partial charge in [0.1, 0.15) is 0 Å². The van der Waals surface area contributed by atoms with E-state index >= 15 is 0 Å². The van der Waals surface area contributed by atoms with Gasteiger partial charge in [0.05, 0.1) is 18.8 Å². The lowest BCUT2D eigenvalue weighted by Gasteiger charge is -2.03. The first-order valence-corrected chi connectivity index (χ1v) is 5.26. The Morgan fingerprint density at radius 1 is 1.57 bits per heavy atom. The van der Waals surface area contributed by atoms with Crippen LogP contribution in [-0.2, 0) is 11.3 Å². The second-order valence-corrected chi connectivity index (χ2v) is 4.13. The monoisotopic (exact) mass is 213 g/mol. The lowest BCUT2D eigenvalue weighted by atomic mass is 10.2. The van der Waals surface area contributed by atoms with Crippen LogP contribution in [0, 0.1) is 13.8 Å². The summed E-state index contributed by atoms with van der Waals surface area (Å²) in [6.45, 7) is 5.15. The summed E-state index contributed by atoms with van der Waals surface area (Å²) < 4.78 is 4.23. The Morgan fingerprint density at radius 3 is 2.79 bits per heavy atom. The molecule has 0 spiro atoms. The lowest BCUT2D eigenvalue weighted by molar-refractivity contribution is -0.116. The van der Waals surface area contributed by atoms with E-state index < -0.39 is 0 Å². The zero-order chi connectivity index (χ0) is 10.6. The molecule has 0 aliphatic carbocycles. The number of hydrogen-bond acceptors (Lipinski definition) is 5. The highest BCUT2D eigenvalue weighted by atomic mass is 32.1. The highest BCUT2D eigenvalue weighted by Gasteiger charge is 2.06. The van der Waals surface area contributed by atoms with Gasteiger partial charge >= 0.3 is 0 Å². The third-order valence-electron chi connectivity index (χ3n) is 2.03. The number of Topliss-reactive ketones (excluding diaryl/α,β-unsaturated/α-hetero) is 1. The molecule has 1 rings (SSSR count). The van der Waals surface area contributed by atoms with Crippen LogP contribution >= 0.6 is 11.5 Å². The standard InChI is InChI=1S/C9H15N3OS/c1-6-9(7(2)14-12-6)5-11-4-8(13)3-10/h11H,3-5,10H2,1-2H3. The second-order valence-electron chi connectivity index (χ2n) is 3.15. The largest absolute Gasteiger partial charge is 0.324 e. The lowest BCUT2D eigenvalue weighted by Crippen LogP contribution is -2.28. The van der Waals surface area contributed by atoms with Gasteiger partial charge in [0, 0.05) is 17.0 Å². The maximum Gasteiger partial charge on any atom is 0.160 e. The number of aromatic nitrogens is 1. The van der Waals surface area contributed by atoms with E-state index in [-0.39, 0.29) is 12.3 Å². The number of carbonyl (C=O) groups excluding carboxylic acids is 1. The zero-order valence-corrected chi connectivity index (χ0v) is 9.28. The van der Waals surface area contributed by atoms with E-state index in [0.717, 1.165) is 5.69 Å². The van der Waals surface area contributed by atoms with E-state index in [2.05, 4.69) is 9.69 Å². The topological polar surface area (TPSA) is 68.0 Å². The SMILES string of the molecule is Cc1nsc(C)c1CNCC(=O)CN. The van der Waals surface area contributed by atoms with Crippen molar-refractivity contribution in [3.63, 3.8) is 0 Å². The molecule has 0 unspecified atom stereocenters. The summed E-state index contributed by atoms with van der Waals surface area (Å²) in [7, 11) is 0. The maximum atomic E-state index is 10.9. The molecule has 0 saturated carbocycles. The molecular formula is C9H15N3OS. The van der Waals surface area contributed by atoms with Crippen molar-refractivity contribution in [3.8, 4) is 0 Å². The highest BCUT2D eigenvalue weighted by Crippen LogP contribution is 2.16. The van der Waals surface area contributed by atoms with Crippen molar-refractivity contribution < 1.29 is 4.79 Å². The molecule has 1 aromatic rings. The van der Waals surface area contributed by atoms with Crippen LogP contribution < -0.4 is 11.1 Å². The molecule has 14 heavy (non-hydrogen) atoms. The molecule has 5 heteroatoms. The number of aryl methyl sites for hydroxylation is 2. The first-order chi connectivity index (χ1) is 6.65. The molecule has 0 saturated heterocycles. The maximum absolute atomic E-state index is 10.9. The number of rotatable bonds is 5. The normalized spacial score (nSPS) is 10.5. The van der Waals surface area contributed by atoms with E-state index in [4.69, 9.17) is 5.73 Å². The van der Waals surface area contributed by atoms with Crippen LogP contribution in [0.15, 0.2) is 0 Å². The number of nitrogens with two attached hydrogens (primary N) is 1. The Kier molecular flexibility index (Phi) is 4.19. The van der Waals surface area contributed by atoms with Crippen molar-refractivity contribution in [2.45, 2.75) is 20.4 Å². The Hall–Kier alpha value is -0.780. The molecule has 0 aromatic carbocycles. The molecular weight excluding hydrogens is 198 g/mol. The fraction of sp³-hybridized carbons (Fsp3) is 0.556. The van der Waals surface area contributed by atoms with E-state index in [9.17, 15) is 4.79 Å². The zero-order valence-electron chi connectivity index (χ0n) is 8.46. The van der Waals surface area contributed by atoms with Gasteiger partial charge in [0.25, 0.3) is 0 Å². The molecule has 0 amide bonds. The summed E-state index contributed by atoms with van der Waals surface area (Å²) in [5, 5.41) is 3.06. The summed E-state index contributed by atoms with van der Waals surface area (Å²) in [4.78, 5) is 12.1. The molecule has 0 aliphatic heterocycles. The van der Waals surface area contributed by atoms with E-state index in [1.807, 2.05) is 13.8 Å². The van der Waals surface area contributed by atoms with Gasteiger partial charge in [-0.3, -0.25) is 4.79 Å². The fourth-order valence-electron chi connectivity index (χ4n) is 1.15. The third-order valence-corrected chi connectivity index (χ3v) is 2.92. The summed E-state index contributed by atoms with van der Waals surface area (Å²) in [6.07, 6.45) is 0. The number of ketones is 1. The van der Waals surface area contributed by atoms with Gasteiger partial charge in [-0.15, -0.1) is 0 Å². The molecule has 3 N–H and O–H groups in total. The first-order valence-electron chi connectivity index (χ1n) is 4.49. The van der Waals surface area contributed by atoms with E-state index in [1.165, 1.54) is 22.0 Å². The van der Waals surface area contributed by atoms with Crippen LogP contribution in [0.4, 0.5) is 0 Å². The minimum absolute atomic E-state index is 0.0310. The minimum atomic E-state index is 0.0310. The molecule has 0 aliphatic rings. The van der Waals surface area contributed by atoms with Gasteiger partial charge in [0.2, 0.25) is 0 Å². The van der Waals surface area contributed by atoms with Crippen molar-refractivity contribution in [2.24, 2.45) is 5.73 Å². The molecule has 0 bridgehead atoms. The third kappa shape index (κ3) is 2.87. The van der Waals surface area contributed by atoms with E-state index in [0.29, 0.717) is 13.1 Å². The Balaban J connectivity index is 2.42. The summed E-state index contributed by atoms with van der Waals surface area (Å²) >= 11 is 1.50. The van der Waals surface area contributed by atoms with E-state index in [1.54, 1.807) is 0 Å². The van der Waals surface area contributed by atoms with Crippen molar-refractivity contribution in [1.82, 2.24) is 9.69 Å². The average Bonchev–Trinajstić information content (AvgIpc) is 2.48. The Bertz CT molecular complexity index is 302. The van der Waals surface area contributed by atoms with Gasteiger partial charge < -0.3 is 11.1 Å². The molecule has 1 aromatic heterocycles. The van der Waals surface area contributed by atoms with Crippen LogP contribution in [0.25, 0.3) is 0 Å². The summed E-state index contributed by atoms with van der Waals surface area (Å²) in [5.74, 6) is 0.0310. The second kappa shape index (κ2) is 5.19. The molecule has 0 radical (unpaired) electrons. The number of nitrogens with zero attached hydrogens (tertiary/aromatic N) is 1. The van der Waals surface area contributed by atoms with Crippen molar-refractivity contribution in [3.05, 3.63) is 16.1 Å². The molecule has 0 fully saturated rings. The molecule has 78 valence electrons. The van der Waals surface area contributed by atoms with Gasteiger partial charge in [-0.1, -0.05) is 0 Å². The average molecular weight is 213 g/mol. The van der Waals surface area contributed by atoms with Gasteiger partial charge in [-0.25, -0.2) is 0 Å². The first kappa shape index (κ1) is 11.3. The van der Waals surface area contributed by atoms with Crippen molar-refractivity contribution in [2.75, 3.05) is 13.1 Å². The van der Waals surface area contributed by atoms with Crippen LogP contribution in [0.3, 0.4) is 0 Å². The van der Waals surface area contributed by atoms with Crippen molar-refractivity contribution >= 4 is 17.3 Å². The van der Waals surface area contributed by atoms with Gasteiger partial charge in [0.15, 0.2) is 5.78 Å². The Morgan fingerprint density at radius 2 is 2.29 bits per heavy atom. The summed E-state index contributed by atoms with van der Waals surface area (Å²) in [5.41, 5.74) is 7.43. The number of hydrogen-bond donors (Lipinski definition) is 2. The minimum Gasteiger partial charge on any atom is -0.324 e. The molecule has 1 heterocycles.